The van der Waals surface area contributed by atoms with Crippen LogP contribution in [0.2, 0.25) is 5.02 Å². The van der Waals surface area contributed by atoms with Crippen molar-refractivity contribution in [3.8, 4) is 17.2 Å². The average molecular weight is 465 g/mol. The molecule has 0 saturated carbocycles. The smallest absolute Gasteiger partial charge is 0.307 e. The van der Waals surface area contributed by atoms with E-state index in [2.05, 4.69) is 30.1 Å². The lowest BCUT2D eigenvalue weighted by Crippen LogP contribution is -2.41. The summed E-state index contributed by atoms with van der Waals surface area (Å²) in [6.45, 7) is 7.11. The highest BCUT2D eigenvalue weighted by Gasteiger charge is 2.18. The number of rotatable bonds is 8. The highest BCUT2D eigenvalue weighted by molar-refractivity contribution is 6.31. The highest BCUT2D eigenvalue weighted by atomic mass is 35.5. The van der Waals surface area contributed by atoms with Crippen LogP contribution in [0.15, 0.2) is 66.7 Å². The minimum Gasteiger partial charge on any atom is -0.307 e. The fourth-order valence-electron chi connectivity index (χ4n) is 3.50. The summed E-state index contributed by atoms with van der Waals surface area (Å²) in [6.07, 6.45) is 0. The van der Waals surface area contributed by atoms with Gasteiger partial charge in [-0.25, -0.2) is 9.18 Å². The molecule has 0 bridgehead atoms. The van der Waals surface area contributed by atoms with E-state index in [0.717, 1.165) is 29.9 Å². The number of nitriles is 1. The molecular weight excluding hydrogens is 439 g/mol. The maximum atomic E-state index is 13.5. The van der Waals surface area contributed by atoms with E-state index >= 15 is 0 Å². The van der Waals surface area contributed by atoms with Crippen LogP contribution in [0.1, 0.15) is 19.4 Å². The number of carbonyl (C=O) groups is 1. The third-order valence-electron chi connectivity index (χ3n) is 5.45. The molecule has 0 spiro atoms. The molecule has 0 heterocycles. The second-order valence-electron chi connectivity index (χ2n) is 7.48. The number of urea groups is 1. The first-order valence-corrected chi connectivity index (χ1v) is 11.2. The van der Waals surface area contributed by atoms with Crippen molar-refractivity contribution in [3.05, 3.63) is 83.1 Å². The normalized spacial score (nSPS) is 10.7. The number of carbonyl (C=O) groups excluding carboxylic acids is 1. The molecule has 3 aromatic carbocycles. The van der Waals surface area contributed by atoms with Crippen molar-refractivity contribution in [3.63, 3.8) is 0 Å². The zero-order valence-electron chi connectivity index (χ0n) is 18.7. The fraction of sp³-hybridized carbons (Fsp3) is 0.231. The van der Waals surface area contributed by atoms with Gasteiger partial charge < -0.3 is 10.2 Å². The van der Waals surface area contributed by atoms with Gasteiger partial charge in [0.25, 0.3) is 0 Å². The monoisotopic (exact) mass is 464 g/mol. The molecule has 0 aliphatic heterocycles. The third kappa shape index (κ3) is 6.32. The Bertz CT molecular complexity index is 1140. The lowest BCUT2D eigenvalue weighted by Gasteiger charge is -2.27. The Labute approximate surface area is 199 Å². The van der Waals surface area contributed by atoms with E-state index in [4.69, 9.17) is 16.9 Å². The molecule has 0 atom stereocenters. The number of hydrogen-bond acceptors (Lipinski definition) is 3. The van der Waals surface area contributed by atoms with E-state index in [1.54, 1.807) is 11.0 Å². The summed E-state index contributed by atoms with van der Waals surface area (Å²) in [4.78, 5) is 17.1. The summed E-state index contributed by atoms with van der Waals surface area (Å²) in [6, 6.07) is 20.9. The summed E-state index contributed by atoms with van der Waals surface area (Å²) >= 11 is 5.86. The second kappa shape index (κ2) is 11.5. The van der Waals surface area contributed by atoms with Gasteiger partial charge in [-0.2, -0.15) is 5.26 Å². The Morgan fingerprint density at radius 2 is 1.73 bits per heavy atom. The van der Waals surface area contributed by atoms with Crippen molar-refractivity contribution >= 4 is 29.0 Å². The topological polar surface area (TPSA) is 59.4 Å². The lowest BCUT2D eigenvalue weighted by molar-refractivity contribution is 0.254. The molecule has 0 aliphatic carbocycles. The van der Waals surface area contributed by atoms with Crippen LogP contribution in [0.5, 0.6) is 0 Å². The van der Waals surface area contributed by atoms with Crippen molar-refractivity contribution in [2.45, 2.75) is 13.8 Å². The van der Waals surface area contributed by atoms with Gasteiger partial charge in [-0.05, 0) is 66.7 Å². The van der Waals surface area contributed by atoms with Gasteiger partial charge in [-0.15, -0.1) is 0 Å². The predicted octanol–water partition coefficient (Wildman–Crippen LogP) is 6.40. The van der Waals surface area contributed by atoms with Crippen molar-refractivity contribution in [1.82, 2.24) is 4.90 Å². The highest BCUT2D eigenvalue weighted by Crippen LogP contribution is 2.25. The first-order chi connectivity index (χ1) is 15.9. The van der Waals surface area contributed by atoms with E-state index < -0.39 is 5.82 Å². The first-order valence-electron chi connectivity index (χ1n) is 10.8. The molecule has 3 aromatic rings. The Morgan fingerprint density at radius 1 is 1.00 bits per heavy atom. The standard InChI is InChI=1S/C26H26ClFN4O/c1-3-31(4-2)14-15-32(26(33)30-22-10-13-25(28)24(27)17-22)23-11-8-20(9-12-23)21-7-5-6-19(16-21)18-29/h5-13,16-17H,3-4,14-15H2,1-2H3,(H,30,33). The fourth-order valence-corrected chi connectivity index (χ4v) is 3.68. The van der Waals surface area contributed by atoms with Crippen molar-refractivity contribution in [2.24, 2.45) is 0 Å². The number of likely N-dealkylation sites (N-methyl/N-ethyl adjacent to an activating group) is 1. The summed E-state index contributed by atoms with van der Waals surface area (Å²) in [5.74, 6) is -0.538. The van der Waals surface area contributed by atoms with E-state index in [1.165, 1.54) is 18.2 Å². The van der Waals surface area contributed by atoms with E-state index in [1.807, 2.05) is 42.5 Å². The Kier molecular flexibility index (Phi) is 8.42. The Balaban J connectivity index is 1.85. The zero-order chi connectivity index (χ0) is 23.8. The van der Waals surface area contributed by atoms with Crippen LogP contribution in [0.4, 0.5) is 20.6 Å². The van der Waals surface area contributed by atoms with Gasteiger partial charge >= 0.3 is 6.03 Å². The summed E-state index contributed by atoms with van der Waals surface area (Å²) in [7, 11) is 0. The molecule has 5 nitrogen and oxygen atoms in total. The van der Waals surface area contributed by atoms with Gasteiger partial charge in [-0.3, -0.25) is 4.90 Å². The number of nitrogens with zero attached hydrogens (tertiary/aromatic N) is 3. The van der Waals surface area contributed by atoms with E-state index in [-0.39, 0.29) is 11.1 Å². The number of hydrogen-bond donors (Lipinski definition) is 1. The molecule has 0 radical (unpaired) electrons. The summed E-state index contributed by atoms with van der Waals surface area (Å²) in [5.41, 5.74) is 3.62. The summed E-state index contributed by atoms with van der Waals surface area (Å²) < 4.78 is 13.5. The largest absolute Gasteiger partial charge is 0.326 e. The SMILES string of the molecule is CCN(CC)CCN(C(=O)Nc1ccc(F)c(Cl)c1)c1ccc(-c2cccc(C#N)c2)cc1. The maximum Gasteiger partial charge on any atom is 0.326 e. The van der Waals surface area contributed by atoms with Crippen LogP contribution in [0.3, 0.4) is 0 Å². The lowest BCUT2D eigenvalue weighted by atomic mass is 10.0. The quantitative estimate of drug-likeness (QED) is 0.419. The van der Waals surface area contributed by atoms with E-state index in [9.17, 15) is 9.18 Å². The van der Waals surface area contributed by atoms with Gasteiger partial charge in [0.15, 0.2) is 0 Å². The molecule has 3 rings (SSSR count). The van der Waals surface area contributed by atoms with Crippen LogP contribution in [-0.2, 0) is 0 Å². The number of anilines is 2. The molecule has 0 aromatic heterocycles. The van der Waals surface area contributed by atoms with Crippen LogP contribution < -0.4 is 10.2 Å². The Hall–Kier alpha value is -3.40. The van der Waals surface area contributed by atoms with Crippen LogP contribution in [0.25, 0.3) is 11.1 Å². The van der Waals surface area contributed by atoms with Crippen LogP contribution >= 0.6 is 11.6 Å². The van der Waals surface area contributed by atoms with Crippen LogP contribution in [-0.4, -0.2) is 37.1 Å². The van der Waals surface area contributed by atoms with Crippen molar-refractivity contribution in [2.75, 3.05) is 36.4 Å². The zero-order valence-corrected chi connectivity index (χ0v) is 19.4. The van der Waals surface area contributed by atoms with Crippen molar-refractivity contribution < 1.29 is 9.18 Å². The summed E-state index contributed by atoms with van der Waals surface area (Å²) in [5, 5.41) is 11.9. The van der Waals surface area contributed by atoms with Crippen molar-refractivity contribution in [1.29, 1.82) is 5.26 Å². The predicted molar refractivity (Wildman–Crippen MR) is 132 cm³/mol. The molecule has 2 amide bonds. The average Bonchev–Trinajstić information content (AvgIpc) is 2.84. The van der Waals surface area contributed by atoms with Gasteiger partial charge in [0.2, 0.25) is 0 Å². The molecule has 0 aliphatic rings. The molecule has 0 unspecified atom stereocenters. The van der Waals surface area contributed by atoms with E-state index in [0.29, 0.717) is 24.3 Å². The van der Waals surface area contributed by atoms with Crippen LogP contribution in [0, 0.1) is 17.1 Å². The van der Waals surface area contributed by atoms with Gasteiger partial charge in [0.05, 0.1) is 16.7 Å². The second-order valence-corrected chi connectivity index (χ2v) is 7.88. The molecule has 170 valence electrons. The number of amides is 2. The van der Waals surface area contributed by atoms with Gasteiger partial charge in [-0.1, -0.05) is 49.7 Å². The third-order valence-corrected chi connectivity index (χ3v) is 5.74. The minimum atomic E-state index is -0.538. The Morgan fingerprint density at radius 3 is 2.36 bits per heavy atom. The molecule has 1 N–H and O–H groups in total. The molecule has 0 saturated heterocycles. The minimum absolute atomic E-state index is 0.0496. The molecular formula is C26H26ClFN4O. The number of halogens is 2. The number of benzene rings is 3. The number of nitrogens with one attached hydrogen (secondary N) is 1. The maximum absolute atomic E-state index is 13.5. The molecule has 33 heavy (non-hydrogen) atoms. The molecule has 7 heteroatoms. The molecule has 0 fully saturated rings. The van der Waals surface area contributed by atoms with Gasteiger partial charge in [0, 0.05) is 24.5 Å². The first kappa shape index (κ1) is 24.2. The van der Waals surface area contributed by atoms with Gasteiger partial charge in [0.1, 0.15) is 5.82 Å².